The number of rotatable bonds is 11. The summed E-state index contributed by atoms with van der Waals surface area (Å²) in [6.07, 6.45) is 5.81. The third kappa shape index (κ3) is 7.78. The number of carbonyl (C=O) groups is 2. The van der Waals surface area contributed by atoms with Crippen molar-refractivity contribution < 1.29 is 14.3 Å². The first-order chi connectivity index (χ1) is 16.0. The van der Waals surface area contributed by atoms with Gasteiger partial charge in [-0.1, -0.05) is 61.2 Å². The molecule has 1 fully saturated rings. The number of hydrogen-bond acceptors (Lipinski definition) is 3. The molecule has 0 heterocycles. The summed E-state index contributed by atoms with van der Waals surface area (Å²) in [7, 11) is 0. The first-order valence-corrected chi connectivity index (χ1v) is 12.4. The lowest BCUT2D eigenvalue weighted by atomic mass is 10.1. The van der Waals surface area contributed by atoms with Crippen LogP contribution in [0.1, 0.15) is 63.0 Å². The van der Waals surface area contributed by atoms with E-state index in [1.807, 2.05) is 62.4 Å². The summed E-state index contributed by atoms with van der Waals surface area (Å²) in [5.41, 5.74) is 2.13. The van der Waals surface area contributed by atoms with Gasteiger partial charge < -0.3 is 15.0 Å². The molecule has 2 aromatic carbocycles. The molecule has 2 amide bonds. The number of carbonyl (C=O) groups excluding carboxylic acids is 2. The van der Waals surface area contributed by atoms with Crippen LogP contribution < -0.4 is 10.1 Å². The van der Waals surface area contributed by atoms with Crippen LogP contribution in [0.3, 0.4) is 0 Å². The Morgan fingerprint density at radius 1 is 1.09 bits per heavy atom. The Balaban J connectivity index is 1.63. The van der Waals surface area contributed by atoms with E-state index in [2.05, 4.69) is 5.32 Å². The fraction of sp³-hybridized carbons (Fsp3) is 0.481. The Kier molecular flexibility index (Phi) is 9.61. The number of ether oxygens (including phenoxy) is 1. The average molecular weight is 471 g/mol. The van der Waals surface area contributed by atoms with Crippen molar-refractivity contribution in [3.8, 4) is 5.75 Å². The topological polar surface area (TPSA) is 58.6 Å². The van der Waals surface area contributed by atoms with Crippen LogP contribution >= 0.6 is 11.6 Å². The van der Waals surface area contributed by atoms with Crippen molar-refractivity contribution in [2.45, 2.75) is 77.4 Å². The zero-order chi connectivity index (χ0) is 23.6. The van der Waals surface area contributed by atoms with Crippen LogP contribution in [0.4, 0.5) is 0 Å². The monoisotopic (exact) mass is 470 g/mol. The molecule has 2 aromatic rings. The first-order valence-electron chi connectivity index (χ1n) is 12.0. The second-order valence-electron chi connectivity index (χ2n) is 8.83. The van der Waals surface area contributed by atoms with Crippen LogP contribution in [0.5, 0.6) is 5.75 Å². The second kappa shape index (κ2) is 12.6. The Hall–Kier alpha value is -2.53. The quantitative estimate of drug-likeness (QED) is 0.430. The smallest absolute Gasteiger partial charge is 0.243 e. The summed E-state index contributed by atoms with van der Waals surface area (Å²) in [4.78, 5) is 28.1. The summed E-state index contributed by atoms with van der Waals surface area (Å²) in [5, 5.41) is 3.82. The first kappa shape index (κ1) is 25.1. The summed E-state index contributed by atoms with van der Waals surface area (Å²) >= 11 is 6.03. The molecule has 0 aromatic heterocycles. The van der Waals surface area contributed by atoms with Crippen LogP contribution in [0.25, 0.3) is 0 Å². The molecule has 0 radical (unpaired) electrons. The number of aryl methyl sites for hydroxylation is 1. The maximum atomic E-state index is 13.3. The summed E-state index contributed by atoms with van der Waals surface area (Å²) in [6.45, 7) is 4.83. The van der Waals surface area contributed by atoms with E-state index in [9.17, 15) is 9.59 Å². The molecule has 6 heteroatoms. The van der Waals surface area contributed by atoms with E-state index in [1.165, 1.54) is 5.56 Å². The van der Waals surface area contributed by atoms with E-state index in [4.69, 9.17) is 16.3 Å². The molecule has 1 aliphatic carbocycles. The van der Waals surface area contributed by atoms with Crippen molar-refractivity contribution in [3.63, 3.8) is 0 Å². The fourth-order valence-corrected chi connectivity index (χ4v) is 4.39. The largest absolute Gasteiger partial charge is 0.494 e. The highest BCUT2D eigenvalue weighted by Crippen LogP contribution is 2.20. The number of amides is 2. The molecule has 0 saturated heterocycles. The molecular formula is C27H35ClN2O3. The molecule has 1 N–H and O–H groups in total. The second-order valence-corrected chi connectivity index (χ2v) is 9.26. The van der Waals surface area contributed by atoms with Gasteiger partial charge in [0.2, 0.25) is 11.8 Å². The third-order valence-corrected chi connectivity index (χ3v) is 6.43. The summed E-state index contributed by atoms with van der Waals surface area (Å²) < 4.78 is 5.78. The Morgan fingerprint density at radius 3 is 2.39 bits per heavy atom. The molecule has 1 atom stereocenters. The molecule has 33 heavy (non-hydrogen) atoms. The lowest BCUT2D eigenvalue weighted by molar-refractivity contribution is -0.141. The third-order valence-electron chi connectivity index (χ3n) is 6.18. The minimum atomic E-state index is -0.494. The van der Waals surface area contributed by atoms with Gasteiger partial charge in [0.15, 0.2) is 0 Å². The van der Waals surface area contributed by atoms with Crippen LogP contribution in [0, 0.1) is 6.92 Å². The molecule has 5 nitrogen and oxygen atoms in total. The van der Waals surface area contributed by atoms with Gasteiger partial charge in [0.1, 0.15) is 11.8 Å². The molecule has 178 valence electrons. The lowest BCUT2D eigenvalue weighted by Crippen LogP contribution is -2.50. The van der Waals surface area contributed by atoms with Gasteiger partial charge >= 0.3 is 0 Å². The molecular weight excluding hydrogens is 436 g/mol. The fourth-order valence-electron chi connectivity index (χ4n) is 4.27. The molecule has 0 bridgehead atoms. The van der Waals surface area contributed by atoms with Crippen LogP contribution in [-0.4, -0.2) is 35.4 Å². The van der Waals surface area contributed by atoms with Gasteiger partial charge in [-0.3, -0.25) is 9.59 Å². The molecule has 1 saturated carbocycles. The van der Waals surface area contributed by atoms with Crippen LogP contribution in [0.15, 0.2) is 48.5 Å². The van der Waals surface area contributed by atoms with Crippen molar-refractivity contribution in [1.82, 2.24) is 10.2 Å². The molecule has 0 unspecified atom stereocenters. The normalized spacial score (nSPS) is 14.6. The summed E-state index contributed by atoms with van der Waals surface area (Å²) in [6, 6.07) is 15.0. The number of nitrogens with zero attached hydrogens (tertiary/aromatic N) is 1. The number of hydrogen-bond donors (Lipinski definition) is 1. The SMILES string of the molecule is CC[C@@H](C(=O)NC1CCCC1)N(Cc1ccc(Cl)cc1)C(=O)CCCOc1ccc(C)cc1. The Labute approximate surface area is 202 Å². The van der Waals surface area contributed by atoms with E-state index in [1.54, 1.807) is 4.90 Å². The minimum absolute atomic E-state index is 0.0362. The molecule has 1 aliphatic rings. The number of nitrogens with one attached hydrogen (secondary N) is 1. The highest BCUT2D eigenvalue weighted by atomic mass is 35.5. The molecule has 3 rings (SSSR count). The van der Waals surface area contributed by atoms with Gasteiger partial charge in [0.05, 0.1) is 6.61 Å². The zero-order valence-corrected chi connectivity index (χ0v) is 20.4. The van der Waals surface area contributed by atoms with E-state index in [0.717, 1.165) is 37.0 Å². The van der Waals surface area contributed by atoms with Crippen molar-refractivity contribution in [1.29, 1.82) is 0 Å². The van der Waals surface area contributed by atoms with Crippen LogP contribution in [0.2, 0.25) is 5.02 Å². The summed E-state index contributed by atoms with van der Waals surface area (Å²) in [5.74, 6) is 0.710. The van der Waals surface area contributed by atoms with E-state index >= 15 is 0 Å². The zero-order valence-electron chi connectivity index (χ0n) is 19.7. The number of halogens is 1. The van der Waals surface area contributed by atoms with Gasteiger partial charge in [0.25, 0.3) is 0 Å². The maximum Gasteiger partial charge on any atom is 0.243 e. The van der Waals surface area contributed by atoms with Gasteiger partial charge in [-0.15, -0.1) is 0 Å². The van der Waals surface area contributed by atoms with Crippen molar-refractivity contribution >= 4 is 23.4 Å². The maximum absolute atomic E-state index is 13.3. The van der Waals surface area contributed by atoms with Crippen molar-refractivity contribution in [3.05, 3.63) is 64.7 Å². The predicted molar refractivity (Wildman–Crippen MR) is 132 cm³/mol. The highest BCUT2D eigenvalue weighted by molar-refractivity contribution is 6.30. The predicted octanol–water partition coefficient (Wildman–Crippen LogP) is 5.67. The van der Waals surface area contributed by atoms with E-state index < -0.39 is 6.04 Å². The van der Waals surface area contributed by atoms with E-state index in [0.29, 0.717) is 37.4 Å². The van der Waals surface area contributed by atoms with E-state index in [-0.39, 0.29) is 17.9 Å². The average Bonchev–Trinajstić information content (AvgIpc) is 3.32. The lowest BCUT2D eigenvalue weighted by Gasteiger charge is -2.31. The van der Waals surface area contributed by atoms with Gasteiger partial charge in [-0.2, -0.15) is 0 Å². The minimum Gasteiger partial charge on any atom is -0.494 e. The van der Waals surface area contributed by atoms with Crippen molar-refractivity contribution in [2.24, 2.45) is 0 Å². The number of benzene rings is 2. The van der Waals surface area contributed by atoms with Gasteiger partial charge in [-0.05, 0) is 62.4 Å². The van der Waals surface area contributed by atoms with Gasteiger partial charge in [-0.25, -0.2) is 0 Å². The standard InChI is InChI=1S/C27H35ClN2O3/c1-3-25(27(32)29-23-7-4-5-8-23)30(19-21-12-14-22(28)15-13-21)26(31)9-6-18-33-24-16-10-20(2)11-17-24/h10-17,23,25H,3-9,18-19H2,1-2H3,(H,29,32)/t25-/m0/s1. The highest BCUT2D eigenvalue weighted by Gasteiger charge is 2.30. The van der Waals surface area contributed by atoms with Gasteiger partial charge in [0, 0.05) is 24.0 Å². The Morgan fingerprint density at radius 2 is 1.76 bits per heavy atom. The van der Waals surface area contributed by atoms with Crippen LogP contribution in [-0.2, 0) is 16.1 Å². The van der Waals surface area contributed by atoms with Crippen molar-refractivity contribution in [2.75, 3.05) is 6.61 Å². The molecule has 0 aliphatic heterocycles. The molecule has 0 spiro atoms. The Bertz CT molecular complexity index is 893.